The van der Waals surface area contributed by atoms with E-state index < -0.39 is 15.7 Å². The molecule has 154 valence electrons. The highest BCUT2D eigenvalue weighted by Gasteiger charge is 2.26. The second-order valence-corrected chi connectivity index (χ2v) is 8.59. The van der Waals surface area contributed by atoms with Crippen LogP contribution in [0.3, 0.4) is 0 Å². The van der Waals surface area contributed by atoms with Crippen molar-refractivity contribution in [2.24, 2.45) is 0 Å². The van der Waals surface area contributed by atoms with Gasteiger partial charge in [0.25, 0.3) is 5.91 Å². The first-order chi connectivity index (χ1) is 13.0. The second-order valence-electron chi connectivity index (χ2n) is 6.31. The van der Waals surface area contributed by atoms with Crippen molar-refractivity contribution in [2.75, 3.05) is 19.0 Å². The van der Waals surface area contributed by atoms with Crippen LogP contribution in [0.15, 0.2) is 35.4 Å². The number of fused-ring (bicyclic) bond motifs is 1. The average molecular weight is 429 g/mol. The highest BCUT2D eigenvalue weighted by Crippen LogP contribution is 2.37. The van der Waals surface area contributed by atoms with Gasteiger partial charge in [-0.05, 0) is 24.6 Å². The lowest BCUT2D eigenvalue weighted by molar-refractivity contribution is 0.0930. The summed E-state index contributed by atoms with van der Waals surface area (Å²) in [6.45, 7) is 4.34. The Kier molecular flexibility index (Phi) is 7.37. The molecular formula is C19H25ClN2O5S. The van der Waals surface area contributed by atoms with Gasteiger partial charge < -0.3 is 19.8 Å². The van der Waals surface area contributed by atoms with E-state index in [2.05, 4.69) is 10.3 Å². The summed E-state index contributed by atoms with van der Waals surface area (Å²) in [5.74, 6) is 0.126. The maximum atomic E-state index is 13.0. The smallest absolute Gasteiger partial charge is 0.255 e. The predicted octanol–water partition coefficient (Wildman–Crippen LogP) is 3.27. The van der Waals surface area contributed by atoms with Crippen LogP contribution < -0.4 is 14.8 Å². The summed E-state index contributed by atoms with van der Waals surface area (Å²) in [6, 6.07) is 6.36. The van der Waals surface area contributed by atoms with Gasteiger partial charge >= 0.3 is 0 Å². The third-order valence-electron chi connectivity index (χ3n) is 4.52. The minimum absolute atomic E-state index is 0. The van der Waals surface area contributed by atoms with Crippen molar-refractivity contribution >= 4 is 28.2 Å². The molecule has 1 aromatic carbocycles. The molecule has 0 radical (unpaired) electrons. The number of nitrogens with one attached hydrogen (secondary N) is 2. The van der Waals surface area contributed by atoms with Crippen LogP contribution in [-0.2, 0) is 9.84 Å². The van der Waals surface area contributed by atoms with E-state index in [1.807, 2.05) is 19.1 Å². The standard InChI is InChI=1S/C19H24N2O5S.ClH/c1-3-15(16-7-5-8-20-16)21-19(22)14-11-13(27(23,24)4-2)12-17-18(14)26-10-6-9-25-17;/h5,7-8,11-12,15,20H,3-4,6,9-10H2,1-2H3,(H,21,22);1H. The van der Waals surface area contributed by atoms with E-state index in [4.69, 9.17) is 9.47 Å². The molecule has 2 aromatic rings. The maximum absolute atomic E-state index is 13.0. The van der Waals surface area contributed by atoms with Gasteiger partial charge in [-0.1, -0.05) is 13.8 Å². The number of benzene rings is 1. The van der Waals surface area contributed by atoms with E-state index in [0.29, 0.717) is 37.6 Å². The van der Waals surface area contributed by atoms with Crippen molar-refractivity contribution in [2.45, 2.75) is 37.6 Å². The summed E-state index contributed by atoms with van der Waals surface area (Å²) in [5, 5.41) is 2.95. The Morgan fingerprint density at radius 1 is 1.25 bits per heavy atom. The molecule has 0 spiro atoms. The van der Waals surface area contributed by atoms with Crippen LogP contribution in [-0.4, -0.2) is 38.3 Å². The van der Waals surface area contributed by atoms with Gasteiger partial charge in [0.05, 0.1) is 35.5 Å². The van der Waals surface area contributed by atoms with Gasteiger partial charge in [-0.15, -0.1) is 12.4 Å². The number of ether oxygens (including phenoxy) is 2. The highest BCUT2D eigenvalue weighted by atomic mass is 35.5. The van der Waals surface area contributed by atoms with E-state index in [-0.39, 0.29) is 34.7 Å². The van der Waals surface area contributed by atoms with Gasteiger partial charge in [0.2, 0.25) is 0 Å². The summed E-state index contributed by atoms with van der Waals surface area (Å²) in [4.78, 5) is 16.2. The number of aromatic amines is 1. The first-order valence-electron chi connectivity index (χ1n) is 9.06. The fourth-order valence-electron chi connectivity index (χ4n) is 2.96. The fourth-order valence-corrected chi connectivity index (χ4v) is 3.88. The van der Waals surface area contributed by atoms with Crippen LogP contribution in [0.4, 0.5) is 0 Å². The molecule has 2 heterocycles. The predicted molar refractivity (Wildman–Crippen MR) is 108 cm³/mol. The van der Waals surface area contributed by atoms with Crippen LogP contribution in [0.25, 0.3) is 0 Å². The first-order valence-corrected chi connectivity index (χ1v) is 10.7. The molecule has 0 saturated carbocycles. The summed E-state index contributed by atoms with van der Waals surface area (Å²) in [6.07, 6.45) is 3.13. The number of sulfone groups is 1. The van der Waals surface area contributed by atoms with E-state index in [1.54, 1.807) is 13.1 Å². The van der Waals surface area contributed by atoms with Crippen molar-refractivity contribution in [3.63, 3.8) is 0 Å². The zero-order chi connectivity index (χ0) is 19.4. The molecule has 1 aliphatic rings. The Bertz CT molecular complexity index is 913. The molecular weight excluding hydrogens is 404 g/mol. The molecule has 1 atom stereocenters. The number of halogens is 1. The molecule has 0 saturated heterocycles. The lowest BCUT2D eigenvalue weighted by Crippen LogP contribution is -2.29. The Hall–Kier alpha value is -2.19. The quantitative estimate of drug-likeness (QED) is 0.735. The van der Waals surface area contributed by atoms with Gasteiger partial charge in [0.15, 0.2) is 21.3 Å². The second kappa shape index (κ2) is 9.34. The van der Waals surface area contributed by atoms with Gasteiger partial charge in [0.1, 0.15) is 0 Å². The van der Waals surface area contributed by atoms with Crippen LogP contribution >= 0.6 is 12.4 Å². The number of hydrogen-bond acceptors (Lipinski definition) is 5. The maximum Gasteiger partial charge on any atom is 0.255 e. The Balaban J connectivity index is 0.00000280. The van der Waals surface area contributed by atoms with Gasteiger partial charge in [-0.2, -0.15) is 0 Å². The van der Waals surface area contributed by atoms with Crippen molar-refractivity contribution in [1.29, 1.82) is 0 Å². The Labute approximate surface area is 171 Å². The van der Waals surface area contributed by atoms with Gasteiger partial charge in [0, 0.05) is 24.4 Å². The summed E-state index contributed by atoms with van der Waals surface area (Å²) < 4.78 is 36.1. The summed E-state index contributed by atoms with van der Waals surface area (Å²) in [7, 11) is -3.50. The van der Waals surface area contributed by atoms with E-state index >= 15 is 0 Å². The molecule has 2 N–H and O–H groups in total. The van der Waals surface area contributed by atoms with Crippen LogP contribution in [0.2, 0.25) is 0 Å². The average Bonchev–Trinajstić information content (AvgIpc) is 3.09. The molecule has 1 unspecified atom stereocenters. The fraction of sp³-hybridized carbons (Fsp3) is 0.421. The number of amides is 1. The highest BCUT2D eigenvalue weighted by molar-refractivity contribution is 7.91. The number of aromatic nitrogens is 1. The van der Waals surface area contributed by atoms with E-state index in [0.717, 1.165) is 5.69 Å². The number of hydrogen-bond donors (Lipinski definition) is 2. The topological polar surface area (TPSA) is 97.5 Å². The largest absolute Gasteiger partial charge is 0.489 e. The monoisotopic (exact) mass is 428 g/mol. The molecule has 1 aromatic heterocycles. The van der Waals surface area contributed by atoms with Crippen molar-refractivity contribution in [3.05, 3.63) is 41.7 Å². The van der Waals surface area contributed by atoms with Gasteiger partial charge in [-0.3, -0.25) is 4.79 Å². The number of carbonyl (C=O) groups excluding carboxylic acids is 1. The third-order valence-corrected chi connectivity index (χ3v) is 6.23. The van der Waals surface area contributed by atoms with Crippen LogP contribution in [0.1, 0.15) is 48.8 Å². The zero-order valence-electron chi connectivity index (χ0n) is 15.9. The minimum Gasteiger partial charge on any atom is -0.489 e. The number of carbonyl (C=O) groups is 1. The molecule has 9 heteroatoms. The minimum atomic E-state index is -3.50. The van der Waals surface area contributed by atoms with Crippen LogP contribution in [0, 0.1) is 0 Å². The number of H-pyrrole nitrogens is 1. The lowest BCUT2D eigenvalue weighted by Gasteiger charge is -2.19. The van der Waals surface area contributed by atoms with Crippen molar-refractivity contribution in [1.82, 2.24) is 10.3 Å². The Morgan fingerprint density at radius 3 is 2.64 bits per heavy atom. The van der Waals surface area contributed by atoms with Crippen molar-refractivity contribution in [3.8, 4) is 11.5 Å². The molecule has 1 aliphatic heterocycles. The summed E-state index contributed by atoms with van der Waals surface area (Å²) >= 11 is 0. The molecule has 0 aliphatic carbocycles. The molecule has 7 nitrogen and oxygen atoms in total. The third kappa shape index (κ3) is 4.62. The summed E-state index contributed by atoms with van der Waals surface area (Å²) in [5.41, 5.74) is 1.05. The van der Waals surface area contributed by atoms with Gasteiger partial charge in [-0.25, -0.2) is 8.42 Å². The Morgan fingerprint density at radius 2 is 2.00 bits per heavy atom. The SMILES string of the molecule is CCC(NC(=O)c1cc(S(=O)(=O)CC)cc2c1OCCCO2)c1ccc[nH]1.Cl. The number of rotatable bonds is 6. The molecule has 0 bridgehead atoms. The first kappa shape index (κ1) is 22.1. The zero-order valence-corrected chi connectivity index (χ0v) is 17.5. The normalized spacial score (nSPS) is 14.5. The molecule has 28 heavy (non-hydrogen) atoms. The van der Waals surface area contributed by atoms with E-state index in [9.17, 15) is 13.2 Å². The lowest BCUT2D eigenvalue weighted by atomic mass is 10.1. The molecule has 1 amide bonds. The van der Waals surface area contributed by atoms with Crippen LogP contribution in [0.5, 0.6) is 11.5 Å². The van der Waals surface area contributed by atoms with Crippen molar-refractivity contribution < 1.29 is 22.7 Å². The van der Waals surface area contributed by atoms with E-state index in [1.165, 1.54) is 12.1 Å². The molecule has 0 fully saturated rings. The molecule has 3 rings (SSSR count).